The van der Waals surface area contributed by atoms with Crippen LogP contribution in [0.15, 0.2) is 188 Å². The van der Waals surface area contributed by atoms with Crippen LogP contribution in [-0.2, 0) is 32.5 Å². The topological polar surface area (TPSA) is 17.9 Å². The SMILES string of the molecule is CC(C)(C)c1ccc(N(c2ccc(C(C)(C)C)cc2)c2ccc3c(c2)N(c2ccc(C(C)(C)C)cc2)c2cc(C(C)(C)C)cc4c2N3c2c(c3c5sc6ccccc6c5ccc3n2-c2ccc(C(C)(C)C)cc2)N4c2ccc(C(C)(C)C)cc2)cc1. The molecule has 0 aliphatic carbocycles. The Labute approximate surface area is 516 Å². The van der Waals surface area contributed by atoms with Crippen LogP contribution in [0.25, 0.3) is 36.8 Å². The van der Waals surface area contributed by atoms with Gasteiger partial charge < -0.3 is 14.7 Å². The molecule has 86 heavy (non-hydrogen) atoms. The number of benzene rings is 9. The van der Waals surface area contributed by atoms with Gasteiger partial charge in [-0.15, -0.1) is 11.3 Å². The van der Waals surface area contributed by atoms with Crippen molar-refractivity contribution in [3.8, 4) is 5.69 Å². The summed E-state index contributed by atoms with van der Waals surface area (Å²) in [5, 5.41) is 3.81. The van der Waals surface area contributed by atoms with Gasteiger partial charge in [0.25, 0.3) is 0 Å². The monoisotopic (exact) mass is 1150 g/mol. The molecule has 5 nitrogen and oxygen atoms in total. The van der Waals surface area contributed by atoms with Crippen LogP contribution in [0.1, 0.15) is 158 Å². The molecule has 0 atom stereocenters. The van der Waals surface area contributed by atoms with Crippen LogP contribution >= 0.6 is 11.3 Å². The summed E-state index contributed by atoms with van der Waals surface area (Å²) < 4.78 is 5.17. The van der Waals surface area contributed by atoms with Gasteiger partial charge in [-0.05, 0) is 169 Å². The van der Waals surface area contributed by atoms with Gasteiger partial charge in [0, 0.05) is 59.7 Å². The molecule has 0 bridgehead atoms. The maximum atomic E-state index is 2.66. The molecule has 2 aliphatic rings. The first kappa shape index (κ1) is 57.0. The second-order valence-corrected chi connectivity index (χ2v) is 31.6. The highest BCUT2D eigenvalue weighted by Crippen LogP contribution is 2.67. The van der Waals surface area contributed by atoms with E-state index in [1.165, 1.54) is 70.1 Å². The summed E-state index contributed by atoms with van der Waals surface area (Å²) in [6.45, 7) is 41.7. The van der Waals surface area contributed by atoms with Crippen molar-refractivity contribution in [2.75, 3.05) is 19.6 Å². The van der Waals surface area contributed by atoms with E-state index >= 15 is 0 Å². The quantitative estimate of drug-likeness (QED) is 0.165. The lowest BCUT2D eigenvalue weighted by molar-refractivity contribution is 0.589. The first-order valence-corrected chi connectivity index (χ1v) is 31.8. The third-order valence-corrected chi connectivity index (χ3v) is 19.4. The van der Waals surface area contributed by atoms with Gasteiger partial charge in [-0.25, -0.2) is 0 Å². The highest BCUT2D eigenvalue weighted by atomic mass is 32.1. The lowest BCUT2D eigenvalue weighted by Gasteiger charge is -2.47. The highest BCUT2D eigenvalue weighted by molar-refractivity contribution is 7.26. The first-order valence-electron chi connectivity index (χ1n) is 31.0. The summed E-state index contributed by atoms with van der Waals surface area (Å²) in [5.74, 6) is 1.11. The molecule has 0 N–H and O–H groups in total. The van der Waals surface area contributed by atoms with E-state index in [0.29, 0.717) is 0 Å². The molecule has 436 valence electrons. The average Bonchev–Trinajstić information content (AvgIpc) is 1.38. The van der Waals surface area contributed by atoms with E-state index in [4.69, 9.17) is 0 Å². The molecular formula is C80H85N5S. The summed E-state index contributed by atoms with van der Waals surface area (Å²) in [6, 6.07) is 72.9. The second-order valence-electron chi connectivity index (χ2n) is 30.6. The Hall–Kier alpha value is -8.06. The molecule has 0 saturated carbocycles. The van der Waals surface area contributed by atoms with E-state index in [1.54, 1.807) is 0 Å². The Morgan fingerprint density at radius 2 is 0.733 bits per heavy atom. The van der Waals surface area contributed by atoms with E-state index in [1.807, 2.05) is 11.3 Å². The minimum Gasteiger partial charge on any atom is -0.310 e. The number of fused-ring (bicyclic) bond motifs is 10. The van der Waals surface area contributed by atoms with Crippen molar-refractivity contribution in [3.63, 3.8) is 0 Å². The summed E-state index contributed by atoms with van der Waals surface area (Å²) >= 11 is 1.91. The zero-order valence-corrected chi connectivity index (χ0v) is 54.9. The van der Waals surface area contributed by atoms with Crippen molar-refractivity contribution in [2.45, 2.75) is 157 Å². The summed E-state index contributed by atoms with van der Waals surface area (Å²) in [5.41, 5.74) is 22.1. The van der Waals surface area contributed by atoms with Gasteiger partial charge in [-0.2, -0.15) is 0 Å². The number of thiophene rings is 1. The third kappa shape index (κ3) is 9.58. The molecule has 2 aliphatic heterocycles. The van der Waals surface area contributed by atoms with E-state index in [-0.39, 0.29) is 32.5 Å². The van der Waals surface area contributed by atoms with Crippen LogP contribution in [0.5, 0.6) is 0 Å². The number of hydrogen-bond donors (Lipinski definition) is 0. The lowest BCUT2D eigenvalue weighted by atomic mass is 9.84. The van der Waals surface area contributed by atoms with Crippen molar-refractivity contribution >= 4 is 111 Å². The van der Waals surface area contributed by atoms with Crippen LogP contribution in [0.2, 0.25) is 0 Å². The summed E-state index contributed by atoms with van der Waals surface area (Å²) in [7, 11) is 0. The molecule has 4 heterocycles. The van der Waals surface area contributed by atoms with Crippen molar-refractivity contribution in [1.82, 2.24) is 4.57 Å². The zero-order valence-electron chi connectivity index (χ0n) is 54.0. The molecule has 0 fully saturated rings. The first-order chi connectivity index (χ1) is 40.4. The van der Waals surface area contributed by atoms with Gasteiger partial charge in [0.1, 0.15) is 5.82 Å². The number of nitrogens with zero attached hydrogens (tertiary/aromatic N) is 5. The van der Waals surface area contributed by atoms with E-state index < -0.39 is 0 Å². The van der Waals surface area contributed by atoms with Crippen LogP contribution in [0.3, 0.4) is 0 Å². The zero-order chi connectivity index (χ0) is 60.9. The van der Waals surface area contributed by atoms with Gasteiger partial charge in [0.15, 0.2) is 0 Å². The summed E-state index contributed by atoms with van der Waals surface area (Å²) in [4.78, 5) is 10.3. The molecule has 0 saturated heterocycles. The Balaban J connectivity index is 1.19. The van der Waals surface area contributed by atoms with Crippen molar-refractivity contribution < 1.29 is 0 Å². The van der Waals surface area contributed by atoms with Crippen LogP contribution in [0.4, 0.5) is 68.4 Å². The molecule has 0 radical (unpaired) electrons. The largest absolute Gasteiger partial charge is 0.310 e. The number of hydrogen-bond acceptors (Lipinski definition) is 5. The molecule has 6 heteroatoms. The van der Waals surface area contributed by atoms with Gasteiger partial charge in [-0.1, -0.05) is 210 Å². The van der Waals surface area contributed by atoms with Crippen LogP contribution < -0.4 is 19.6 Å². The van der Waals surface area contributed by atoms with Gasteiger partial charge in [-0.3, -0.25) is 9.47 Å². The highest BCUT2D eigenvalue weighted by Gasteiger charge is 2.45. The third-order valence-electron chi connectivity index (χ3n) is 18.2. The lowest BCUT2D eigenvalue weighted by Crippen LogP contribution is -2.32. The minimum absolute atomic E-state index is 0.00330. The van der Waals surface area contributed by atoms with Gasteiger partial charge >= 0.3 is 0 Å². The van der Waals surface area contributed by atoms with Crippen LogP contribution in [-0.4, -0.2) is 4.57 Å². The number of aromatic nitrogens is 1. The molecule has 0 amide bonds. The molecule has 0 spiro atoms. The number of anilines is 12. The van der Waals surface area contributed by atoms with E-state index in [0.717, 1.165) is 68.4 Å². The van der Waals surface area contributed by atoms with Gasteiger partial charge in [0.05, 0.1) is 39.6 Å². The van der Waals surface area contributed by atoms with Crippen molar-refractivity contribution in [2.24, 2.45) is 0 Å². The minimum atomic E-state index is -0.223. The molecule has 13 rings (SSSR count). The van der Waals surface area contributed by atoms with Crippen molar-refractivity contribution in [3.05, 3.63) is 221 Å². The molecule has 2 aromatic heterocycles. The van der Waals surface area contributed by atoms with Crippen molar-refractivity contribution in [1.29, 1.82) is 0 Å². The number of rotatable bonds is 6. The van der Waals surface area contributed by atoms with E-state index in [9.17, 15) is 0 Å². The predicted octanol–water partition coefficient (Wildman–Crippen LogP) is 24.3. The normalized spacial score (nSPS) is 13.9. The Morgan fingerprint density at radius 1 is 0.314 bits per heavy atom. The molecular weight excluding hydrogens is 1060 g/mol. The maximum absolute atomic E-state index is 2.66. The molecule has 9 aromatic carbocycles. The molecule has 0 unspecified atom stereocenters. The summed E-state index contributed by atoms with van der Waals surface area (Å²) in [6.07, 6.45) is 0. The Morgan fingerprint density at radius 3 is 1.21 bits per heavy atom. The standard InChI is InChI=1S/C80H85N5S/c1-75(2,3)50-23-33-56(34-24-50)81(57-35-25-51(26-36-57)76(4,5)6)61-43-45-64-66(49-61)82(58-37-27-52(28-38-58)77(7,8)9)67-47-55(80(16,17)18)48-68-71(67)85(64)74-72(83(68)59-39-29-53(30-40-59)78(10,11)12)70-65(84(74)60-41-31-54(32-42-60)79(13,14)15)46-44-63-62-21-19-20-22-69(62)86-73(63)70/h19-49H,1-18H3. The average molecular weight is 1150 g/mol. The molecule has 11 aromatic rings. The fourth-order valence-electron chi connectivity index (χ4n) is 13.0. The fourth-order valence-corrected chi connectivity index (χ4v) is 14.2. The predicted molar refractivity (Wildman–Crippen MR) is 374 cm³/mol. The second kappa shape index (κ2) is 19.7. The Kier molecular flexibility index (Phi) is 13.1. The van der Waals surface area contributed by atoms with Gasteiger partial charge in [0.2, 0.25) is 0 Å². The Bertz CT molecular complexity index is 4360. The van der Waals surface area contributed by atoms with Crippen LogP contribution in [0, 0.1) is 0 Å². The smallest absolute Gasteiger partial charge is 0.148 e. The fraction of sp³-hybridized carbons (Fsp3) is 0.300. The van der Waals surface area contributed by atoms with E-state index in [2.05, 4.69) is 337 Å². The maximum Gasteiger partial charge on any atom is 0.148 e.